The minimum atomic E-state index is 0.0213. The molecule has 0 spiro atoms. The highest BCUT2D eigenvalue weighted by Gasteiger charge is 2.22. The number of halogens is 1. The summed E-state index contributed by atoms with van der Waals surface area (Å²) in [6.07, 6.45) is 1.45. The Kier molecular flexibility index (Phi) is 2.67. The van der Waals surface area contributed by atoms with E-state index in [1.165, 1.54) is 6.20 Å². The van der Waals surface area contributed by atoms with Crippen LogP contribution in [0.15, 0.2) is 6.20 Å². The molecule has 0 radical (unpaired) electrons. The SMILES string of the molecule is NNc1ncc(Cl)c(OC2COC2)n1. The van der Waals surface area contributed by atoms with Crippen molar-refractivity contribution in [1.29, 1.82) is 0 Å². The van der Waals surface area contributed by atoms with E-state index in [0.717, 1.165) is 0 Å². The minimum Gasteiger partial charge on any atom is -0.468 e. The Morgan fingerprint density at radius 2 is 2.43 bits per heavy atom. The highest BCUT2D eigenvalue weighted by molar-refractivity contribution is 6.31. The van der Waals surface area contributed by atoms with Crippen LogP contribution in [0.3, 0.4) is 0 Å². The third-order valence-corrected chi connectivity index (χ3v) is 1.99. The fourth-order valence-corrected chi connectivity index (χ4v) is 1.08. The van der Waals surface area contributed by atoms with Gasteiger partial charge in [0.15, 0.2) is 0 Å². The zero-order valence-corrected chi connectivity index (χ0v) is 7.99. The van der Waals surface area contributed by atoms with Gasteiger partial charge in [0.05, 0.1) is 19.4 Å². The molecule has 1 aliphatic rings. The number of anilines is 1. The van der Waals surface area contributed by atoms with Gasteiger partial charge in [-0.1, -0.05) is 11.6 Å². The third-order valence-electron chi connectivity index (χ3n) is 1.73. The maximum atomic E-state index is 5.82. The van der Waals surface area contributed by atoms with Gasteiger partial charge >= 0.3 is 0 Å². The van der Waals surface area contributed by atoms with Gasteiger partial charge in [-0.25, -0.2) is 10.8 Å². The van der Waals surface area contributed by atoms with Crippen LogP contribution in [0.2, 0.25) is 5.02 Å². The van der Waals surface area contributed by atoms with Crippen LogP contribution in [0.5, 0.6) is 5.88 Å². The number of rotatable bonds is 3. The molecule has 14 heavy (non-hydrogen) atoms. The Balaban J connectivity index is 2.13. The molecule has 7 heteroatoms. The van der Waals surface area contributed by atoms with E-state index in [2.05, 4.69) is 15.4 Å². The Morgan fingerprint density at radius 1 is 1.64 bits per heavy atom. The highest BCUT2D eigenvalue weighted by Crippen LogP contribution is 2.23. The van der Waals surface area contributed by atoms with E-state index >= 15 is 0 Å². The zero-order valence-electron chi connectivity index (χ0n) is 7.24. The van der Waals surface area contributed by atoms with Crippen molar-refractivity contribution in [2.45, 2.75) is 6.10 Å². The van der Waals surface area contributed by atoms with E-state index in [1.807, 2.05) is 0 Å². The molecule has 0 amide bonds. The van der Waals surface area contributed by atoms with Gasteiger partial charge in [0.2, 0.25) is 11.8 Å². The lowest BCUT2D eigenvalue weighted by atomic mass is 10.3. The summed E-state index contributed by atoms with van der Waals surface area (Å²) < 4.78 is 10.4. The van der Waals surface area contributed by atoms with E-state index in [4.69, 9.17) is 26.9 Å². The molecule has 0 atom stereocenters. The highest BCUT2D eigenvalue weighted by atomic mass is 35.5. The molecule has 0 unspecified atom stereocenters. The van der Waals surface area contributed by atoms with E-state index in [-0.39, 0.29) is 12.1 Å². The van der Waals surface area contributed by atoms with Gasteiger partial charge in [-0.15, -0.1) is 0 Å². The molecule has 1 aliphatic heterocycles. The van der Waals surface area contributed by atoms with Crippen molar-refractivity contribution >= 4 is 17.5 Å². The van der Waals surface area contributed by atoms with Crippen LogP contribution in [0.1, 0.15) is 0 Å². The Morgan fingerprint density at radius 3 is 3.00 bits per heavy atom. The number of nitrogen functional groups attached to an aromatic ring is 1. The van der Waals surface area contributed by atoms with Crippen LogP contribution in [0, 0.1) is 0 Å². The summed E-state index contributed by atoms with van der Waals surface area (Å²) in [5.74, 6) is 5.74. The van der Waals surface area contributed by atoms with Crippen LogP contribution in [-0.2, 0) is 4.74 Å². The summed E-state index contributed by atoms with van der Waals surface area (Å²) in [4.78, 5) is 7.77. The van der Waals surface area contributed by atoms with Gasteiger partial charge in [-0.05, 0) is 0 Å². The smallest absolute Gasteiger partial charge is 0.240 e. The summed E-state index contributed by atoms with van der Waals surface area (Å²) in [6.45, 7) is 1.12. The number of hydrogen-bond donors (Lipinski definition) is 2. The molecule has 0 aromatic carbocycles. The molecular formula is C7H9ClN4O2. The Hall–Kier alpha value is -1.11. The number of hydrogen-bond acceptors (Lipinski definition) is 6. The summed E-state index contributed by atoms with van der Waals surface area (Å²) in [7, 11) is 0. The van der Waals surface area contributed by atoms with E-state index in [9.17, 15) is 0 Å². The molecule has 1 fully saturated rings. The van der Waals surface area contributed by atoms with Crippen LogP contribution in [-0.4, -0.2) is 29.3 Å². The Labute approximate surface area is 85.3 Å². The molecule has 1 aromatic rings. The number of nitrogens with one attached hydrogen (secondary N) is 1. The standard InChI is InChI=1S/C7H9ClN4O2/c8-5-1-10-7(12-9)11-6(5)14-4-2-13-3-4/h1,4H,2-3,9H2,(H,10,11,12). The van der Waals surface area contributed by atoms with Gasteiger partial charge in [0.25, 0.3) is 0 Å². The maximum absolute atomic E-state index is 5.82. The lowest BCUT2D eigenvalue weighted by molar-refractivity contribution is -0.0812. The molecule has 1 saturated heterocycles. The number of nitrogens with two attached hydrogens (primary N) is 1. The lowest BCUT2D eigenvalue weighted by Crippen LogP contribution is -2.38. The first-order chi connectivity index (χ1) is 6.79. The number of ether oxygens (including phenoxy) is 2. The Bertz CT molecular complexity index is 331. The largest absolute Gasteiger partial charge is 0.468 e. The number of hydrazine groups is 1. The predicted octanol–water partition coefficient (Wildman–Crippen LogP) is 0.193. The van der Waals surface area contributed by atoms with Gasteiger partial charge < -0.3 is 9.47 Å². The van der Waals surface area contributed by atoms with Crippen molar-refractivity contribution in [3.05, 3.63) is 11.2 Å². The second-order valence-corrected chi connectivity index (χ2v) is 3.18. The summed E-state index contributed by atoms with van der Waals surface area (Å²) >= 11 is 5.82. The maximum Gasteiger partial charge on any atom is 0.240 e. The molecular weight excluding hydrogens is 208 g/mol. The first kappa shape index (κ1) is 9.45. The molecule has 76 valence electrons. The summed E-state index contributed by atoms with van der Waals surface area (Å²) in [6, 6.07) is 0. The van der Waals surface area contributed by atoms with Crippen LogP contribution in [0.25, 0.3) is 0 Å². The van der Waals surface area contributed by atoms with Crippen molar-refractivity contribution in [2.75, 3.05) is 18.6 Å². The van der Waals surface area contributed by atoms with Crippen molar-refractivity contribution in [3.63, 3.8) is 0 Å². The van der Waals surface area contributed by atoms with E-state index < -0.39 is 0 Å². The molecule has 0 saturated carbocycles. The molecule has 0 aliphatic carbocycles. The van der Waals surface area contributed by atoms with E-state index in [1.54, 1.807) is 0 Å². The first-order valence-corrected chi connectivity index (χ1v) is 4.41. The third kappa shape index (κ3) is 1.87. The van der Waals surface area contributed by atoms with Crippen molar-refractivity contribution in [2.24, 2.45) is 5.84 Å². The molecule has 6 nitrogen and oxygen atoms in total. The predicted molar refractivity (Wildman–Crippen MR) is 50.1 cm³/mol. The fraction of sp³-hybridized carbons (Fsp3) is 0.429. The van der Waals surface area contributed by atoms with Crippen LogP contribution in [0.4, 0.5) is 5.95 Å². The monoisotopic (exact) mass is 216 g/mol. The van der Waals surface area contributed by atoms with Crippen LogP contribution < -0.4 is 16.0 Å². The summed E-state index contributed by atoms with van der Waals surface area (Å²) in [5.41, 5.74) is 2.31. The van der Waals surface area contributed by atoms with Gasteiger partial charge in [-0.2, -0.15) is 4.98 Å². The van der Waals surface area contributed by atoms with E-state index in [0.29, 0.717) is 24.1 Å². The normalized spacial score (nSPS) is 16.1. The first-order valence-electron chi connectivity index (χ1n) is 4.03. The number of nitrogens with zero attached hydrogens (tertiary/aromatic N) is 2. The number of aromatic nitrogens is 2. The second-order valence-electron chi connectivity index (χ2n) is 2.77. The average Bonchev–Trinajstić information content (AvgIpc) is 2.14. The quantitative estimate of drug-likeness (QED) is 0.555. The molecule has 0 bridgehead atoms. The average molecular weight is 217 g/mol. The summed E-state index contributed by atoms with van der Waals surface area (Å²) in [5, 5.41) is 0.357. The zero-order chi connectivity index (χ0) is 9.97. The van der Waals surface area contributed by atoms with Crippen molar-refractivity contribution < 1.29 is 9.47 Å². The molecule has 2 rings (SSSR count). The molecule has 3 N–H and O–H groups in total. The van der Waals surface area contributed by atoms with Crippen molar-refractivity contribution in [3.8, 4) is 5.88 Å². The van der Waals surface area contributed by atoms with Gasteiger partial charge in [-0.3, -0.25) is 5.43 Å². The lowest BCUT2D eigenvalue weighted by Gasteiger charge is -2.26. The second kappa shape index (κ2) is 3.95. The molecule has 1 aromatic heterocycles. The van der Waals surface area contributed by atoms with Crippen LogP contribution >= 0.6 is 11.6 Å². The topological polar surface area (TPSA) is 82.3 Å². The van der Waals surface area contributed by atoms with Crippen molar-refractivity contribution in [1.82, 2.24) is 9.97 Å². The fourth-order valence-electron chi connectivity index (χ4n) is 0.944. The minimum absolute atomic E-state index is 0.0213. The van der Waals surface area contributed by atoms with Gasteiger partial charge in [0, 0.05) is 0 Å². The molecule has 2 heterocycles. The van der Waals surface area contributed by atoms with Gasteiger partial charge in [0.1, 0.15) is 11.1 Å².